The van der Waals surface area contributed by atoms with Crippen molar-refractivity contribution in [2.45, 2.75) is 77.5 Å². The van der Waals surface area contributed by atoms with E-state index >= 15 is 0 Å². The molecule has 2 saturated carbocycles. The molecule has 1 aromatic carbocycles. The molecule has 0 heterocycles. The molecule has 0 N–H and O–H groups in total. The minimum atomic E-state index is -1.15. The fraction of sp³-hybridized carbons (Fsp3) is 0.682. The van der Waals surface area contributed by atoms with Gasteiger partial charge >= 0.3 is 0 Å². The van der Waals surface area contributed by atoms with Gasteiger partial charge in [0, 0.05) is 41.4 Å². The third kappa shape index (κ3) is 4.38. The molecular formula is C22H30N2O6. The molecule has 5 atom stereocenters. The zero-order valence-corrected chi connectivity index (χ0v) is 18.0. The fourth-order valence-electron chi connectivity index (χ4n) is 5.38. The Morgan fingerprint density at radius 2 is 1.93 bits per heavy atom. The molecule has 164 valence electrons. The summed E-state index contributed by atoms with van der Waals surface area (Å²) < 4.78 is 6.31. The van der Waals surface area contributed by atoms with E-state index in [-0.39, 0.29) is 46.5 Å². The van der Waals surface area contributed by atoms with Gasteiger partial charge in [-0.1, -0.05) is 19.1 Å². The maximum atomic E-state index is 12.9. The van der Waals surface area contributed by atoms with Gasteiger partial charge in [0.15, 0.2) is 0 Å². The number of Topliss-reactive ketones (excluding diaryl/α,β-unsaturated/α-hetero) is 1. The number of hydrogen-bond donors (Lipinski definition) is 0. The highest BCUT2D eigenvalue weighted by atomic mass is 16.6. The number of nitrogens with zero attached hydrogens (tertiary/aromatic N) is 2. The number of rotatable bonds is 6. The number of carbonyl (C=O) groups excluding carboxylic acids is 1. The van der Waals surface area contributed by atoms with Crippen LogP contribution >= 0.6 is 0 Å². The Morgan fingerprint density at radius 3 is 2.53 bits per heavy atom. The van der Waals surface area contributed by atoms with Crippen molar-refractivity contribution >= 4 is 11.5 Å². The molecule has 2 fully saturated rings. The predicted octanol–water partition coefficient (Wildman–Crippen LogP) is 4.88. The van der Waals surface area contributed by atoms with Gasteiger partial charge in [-0.05, 0) is 51.4 Å². The van der Waals surface area contributed by atoms with Gasteiger partial charge in [0.2, 0.25) is 6.04 Å². The maximum absolute atomic E-state index is 12.9. The number of fused-ring (bicyclic) bond motifs is 1. The first-order valence-corrected chi connectivity index (χ1v) is 10.5. The van der Waals surface area contributed by atoms with E-state index in [0.717, 1.165) is 19.3 Å². The highest BCUT2D eigenvalue weighted by Gasteiger charge is 2.56. The van der Waals surface area contributed by atoms with E-state index in [4.69, 9.17) is 4.74 Å². The minimum absolute atomic E-state index is 0.0185. The molecule has 0 spiro atoms. The van der Waals surface area contributed by atoms with Crippen molar-refractivity contribution in [1.82, 2.24) is 0 Å². The lowest BCUT2D eigenvalue weighted by atomic mass is 9.61. The SMILES string of the molecule is CC(C)(C)O[C@H]1CC[C@H]2C(CC(c3cccc([N+](=O)[O-])c3)[N+](=O)[O-])C(=O)CC[C@]12C. The highest BCUT2D eigenvalue weighted by Crippen LogP contribution is 2.56. The van der Waals surface area contributed by atoms with Crippen LogP contribution in [0.3, 0.4) is 0 Å². The largest absolute Gasteiger partial charge is 0.372 e. The Hall–Kier alpha value is -2.35. The second-order valence-corrected chi connectivity index (χ2v) is 9.87. The first kappa shape index (κ1) is 22.3. The van der Waals surface area contributed by atoms with Gasteiger partial charge < -0.3 is 4.74 Å². The molecule has 0 bridgehead atoms. The summed E-state index contributed by atoms with van der Waals surface area (Å²) in [5.41, 5.74) is -0.407. The van der Waals surface area contributed by atoms with E-state index in [1.165, 1.54) is 24.3 Å². The Bertz CT molecular complexity index is 848. The van der Waals surface area contributed by atoms with Crippen LogP contribution in [0.15, 0.2) is 24.3 Å². The monoisotopic (exact) mass is 418 g/mol. The van der Waals surface area contributed by atoms with Gasteiger partial charge in [-0.3, -0.25) is 25.0 Å². The second kappa shape index (κ2) is 8.06. The number of ketones is 1. The van der Waals surface area contributed by atoms with Crippen molar-refractivity contribution in [2.75, 3.05) is 0 Å². The quantitative estimate of drug-likeness (QED) is 0.480. The third-order valence-corrected chi connectivity index (χ3v) is 6.83. The van der Waals surface area contributed by atoms with Crippen LogP contribution in [0.1, 0.15) is 71.4 Å². The summed E-state index contributed by atoms with van der Waals surface area (Å²) in [6, 6.07) is 4.41. The van der Waals surface area contributed by atoms with Crippen LogP contribution in [-0.2, 0) is 9.53 Å². The average molecular weight is 418 g/mol. The van der Waals surface area contributed by atoms with Crippen molar-refractivity contribution < 1.29 is 19.4 Å². The zero-order valence-electron chi connectivity index (χ0n) is 18.0. The molecule has 30 heavy (non-hydrogen) atoms. The number of nitro benzene ring substituents is 1. The molecule has 2 aliphatic carbocycles. The van der Waals surface area contributed by atoms with Crippen LogP contribution in [0.5, 0.6) is 0 Å². The number of non-ortho nitro benzene ring substituents is 1. The summed E-state index contributed by atoms with van der Waals surface area (Å²) in [6.07, 6.45) is 2.84. The van der Waals surface area contributed by atoms with Crippen LogP contribution < -0.4 is 0 Å². The van der Waals surface area contributed by atoms with Gasteiger partial charge in [-0.25, -0.2) is 0 Å². The van der Waals surface area contributed by atoms with Crippen molar-refractivity contribution in [2.24, 2.45) is 17.3 Å². The highest BCUT2D eigenvalue weighted by molar-refractivity contribution is 5.82. The van der Waals surface area contributed by atoms with E-state index < -0.39 is 21.8 Å². The molecule has 0 aromatic heterocycles. The van der Waals surface area contributed by atoms with Crippen LogP contribution in [0.25, 0.3) is 0 Å². The van der Waals surface area contributed by atoms with Crippen molar-refractivity contribution in [3.05, 3.63) is 50.1 Å². The Morgan fingerprint density at radius 1 is 1.23 bits per heavy atom. The fourth-order valence-corrected chi connectivity index (χ4v) is 5.38. The number of nitro groups is 2. The van der Waals surface area contributed by atoms with E-state index in [1.807, 2.05) is 20.8 Å². The molecule has 0 saturated heterocycles. The summed E-state index contributed by atoms with van der Waals surface area (Å²) in [7, 11) is 0. The van der Waals surface area contributed by atoms with Crippen molar-refractivity contribution in [3.8, 4) is 0 Å². The van der Waals surface area contributed by atoms with E-state index in [0.29, 0.717) is 6.42 Å². The van der Waals surface area contributed by atoms with Crippen molar-refractivity contribution in [3.63, 3.8) is 0 Å². The van der Waals surface area contributed by atoms with Gasteiger partial charge in [0.25, 0.3) is 5.69 Å². The Labute approximate surface area is 176 Å². The number of hydrogen-bond acceptors (Lipinski definition) is 6. The first-order chi connectivity index (χ1) is 13.9. The molecule has 3 rings (SSSR count). The molecule has 0 amide bonds. The Balaban J connectivity index is 1.88. The summed E-state index contributed by atoms with van der Waals surface area (Å²) in [6.45, 7) is 8.19. The predicted molar refractivity (Wildman–Crippen MR) is 111 cm³/mol. The molecule has 8 nitrogen and oxygen atoms in total. The normalized spacial score (nSPS) is 30.0. The van der Waals surface area contributed by atoms with E-state index in [1.54, 1.807) is 0 Å². The average Bonchev–Trinajstić information content (AvgIpc) is 2.96. The van der Waals surface area contributed by atoms with Gasteiger partial charge in [0.1, 0.15) is 5.78 Å². The van der Waals surface area contributed by atoms with Gasteiger partial charge in [-0.15, -0.1) is 0 Å². The standard InChI is InChI=1S/C22H30N2O6/c1-21(2,3)30-20-9-8-17-16(19(25)10-11-22(17,20)4)13-18(24(28)29)14-6-5-7-15(12-14)23(26)27/h5-7,12,16-18,20H,8-11,13H2,1-4H3/t16?,17-,18?,20-,22-/m0/s1. The Kier molecular flexibility index (Phi) is 6.00. The number of benzene rings is 1. The van der Waals surface area contributed by atoms with Crippen LogP contribution in [0, 0.1) is 37.5 Å². The second-order valence-electron chi connectivity index (χ2n) is 9.87. The molecular weight excluding hydrogens is 388 g/mol. The third-order valence-electron chi connectivity index (χ3n) is 6.83. The zero-order chi connectivity index (χ0) is 22.3. The molecule has 0 aliphatic heterocycles. The first-order valence-electron chi connectivity index (χ1n) is 10.5. The lowest BCUT2D eigenvalue weighted by Gasteiger charge is -2.45. The summed E-state index contributed by atoms with van der Waals surface area (Å²) in [5.74, 6) is -0.356. The molecule has 2 unspecified atom stereocenters. The number of ether oxygens (including phenoxy) is 1. The lowest BCUT2D eigenvalue weighted by Crippen LogP contribution is -2.46. The summed E-state index contributed by atoms with van der Waals surface area (Å²) >= 11 is 0. The topological polar surface area (TPSA) is 113 Å². The van der Waals surface area contributed by atoms with E-state index in [9.17, 15) is 25.0 Å². The molecule has 8 heteroatoms. The lowest BCUT2D eigenvalue weighted by molar-refractivity contribution is -0.531. The van der Waals surface area contributed by atoms with Crippen LogP contribution in [0.4, 0.5) is 5.69 Å². The maximum Gasteiger partial charge on any atom is 0.269 e. The summed E-state index contributed by atoms with van der Waals surface area (Å²) in [5, 5.41) is 23.0. The summed E-state index contributed by atoms with van der Waals surface area (Å²) in [4.78, 5) is 34.9. The van der Waals surface area contributed by atoms with E-state index in [2.05, 4.69) is 6.92 Å². The van der Waals surface area contributed by atoms with Gasteiger partial charge in [-0.2, -0.15) is 0 Å². The molecule has 0 radical (unpaired) electrons. The molecule has 1 aromatic rings. The number of carbonyl (C=O) groups is 1. The smallest absolute Gasteiger partial charge is 0.269 e. The van der Waals surface area contributed by atoms with Crippen molar-refractivity contribution in [1.29, 1.82) is 0 Å². The van der Waals surface area contributed by atoms with Crippen LogP contribution in [-0.4, -0.2) is 27.3 Å². The van der Waals surface area contributed by atoms with Crippen LogP contribution in [0.2, 0.25) is 0 Å². The molecule has 2 aliphatic rings. The minimum Gasteiger partial charge on any atom is -0.372 e. The van der Waals surface area contributed by atoms with Gasteiger partial charge in [0.05, 0.1) is 16.6 Å².